The van der Waals surface area contributed by atoms with Gasteiger partial charge in [0.1, 0.15) is 17.3 Å². The number of nitrogens with zero attached hydrogens (tertiary/aromatic N) is 2. The largest absolute Gasteiger partial charge is 0.481 e. The molecule has 0 saturated carbocycles. The Labute approximate surface area is 109 Å². The van der Waals surface area contributed by atoms with Crippen LogP contribution in [0.3, 0.4) is 0 Å². The van der Waals surface area contributed by atoms with Gasteiger partial charge >= 0.3 is 0 Å². The summed E-state index contributed by atoms with van der Waals surface area (Å²) in [4.78, 5) is 0. The normalized spacial score (nSPS) is 10.6. The van der Waals surface area contributed by atoms with E-state index in [0.717, 1.165) is 11.5 Å². The van der Waals surface area contributed by atoms with Crippen LogP contribution in [0.15, 0.2) is 6.07 Å². The number of ether oxygens (including phenoxy) is 1. The first-order valence-corrected chi connectivity index (χ1v) is 5.76. The van der Waals surface area contributed by atoms with Crippen LogP contribution < -0.4 is 10.1 Å². The Morgan fingerprint density at radius 3 is 2.42 bits per heavy atom. The highest BCUT2D eigenvalue weighted by Gasteiger charge is 2.21. The lowest BCUT2D eigenvalue weighted by Gasteiger charge is -2.08. The molecule has 1 aromatic carbocycles. The van der Waals surface area contributed by atoms with E-state index in [9.17, 15) is 17.6 Å². The Kier molecular flexibility index (Phi) is 3.84. The Morgan fingerprint density at radius 1 is 1.21 bits per heavy atom. The maximum absolute atomic E-state index is 13.3. The SMILES string of the molecule is CNc1snnc1COc1c(F)c(F)cc(F)c1F. The standard InChI is InChI=1S/C10H7F4N3OS/c1-15-10-6(16-17-19-10)3-18-9-7(13)4(11)2-5(12)8(9)14/h2,15H,3H2,1H3. The predicted molar refractivity (Wildman–Crippen MR) is 60.1 cm³/mol. The Hall–Kier alpha value is -1.90. The van der Waals surface area contributed by atoms with Crippen molar-refractivity contribution in [1.82, 2.24) is 9.59 Å². The van der Waals surface area contributed by atoms with E-state index in [2.05, 4.69) is 14.9 Å². The number of rotatable bonds is 4. The van der Waals surface area contributed by atoms with E-state index >= 15 is 0 Å². The second kappa shape index (κ2) is 5.39. The molecule has 1 aromatic heterocycles. The van der Waals surface area contributed by atoms with Crippen LogP contribution in [0.4, 0.5) is 22.6 Å². The van der Waals surface area contributed by atoms with Gasteiger partial charge in [-0.25, -0.2) is 8.78 Å². The molecule has 0 aliphatic rings. The molecule has 4 nitrogen and oxygen atoms in total. The van der Waals surface area contributed by atoms with Gasteiger partial charge < -0.3 is 10.1 Å². The lowest BCUT2D eigenvalue weighted by Crippen LogP contribution is -2.05. The topological polar surface area (TPSA) is 47.0 Å². The fourth-order valence-electron chi connectivity index (χ4n) is 1.31. The minimum atomic E-state index is -1.59. The van der Waals surface area contributed by atoms with E-state index in [4.69, 9.17) is 4.74 Å². The Balaban J connectivity index is 2.25. The molecule has 0 aliphatic carbocycles. The van der Waals surface area contributed by atoms with Gasteiger partial charge in [0.25, 0.3) is 0 Å². The summed E-state index contributed by atoms with van der Waals surface area (Å²) < 4.78 is 60.8. The molecule has 2 aromatic rings. The number of hydrogen-bond acceptors (Lipinski definition) is 5. The van der Waals surface area contributed by atoms with Crippen molar-refractivity contribution in [3.05, 3.63) is 35.0 Å². The van der Waals surface area contributed by atoms with Crippen molar-refractivity contribution < 1.29 is 22.3 Å². The van der Waals surface area contributed by atoms with Crippen LogP contribution in [0.1, 0.15) is 5.69 Å². The van der Waals surface area contributed by atoms with Gasteiger partial charge in [-0.3, -0.25) is 0 Å². The summed E-state index contributed by atoms with van der Waals surface area (Å²) in [6.07, 6.45) is 0. The molecule has 0 bridgehead atoms. The fraction of sp³-hybridized carbons (Fsp3) is 0.200. The van der Waals surface area contributed by atoms with Crippen LogP contribution in [0.2, 0.25) is 0 Å². The van der Waals surface area contributed by atoms with Crippen molar-refractivity contribution >= 4 is 16.5 Å². The highest BCUT2D eigenvalue weighted by molar-refractivity contribution is 7.10. The second-order valence-corrected chi connectivity index (χ2v) is 4.14. The van der Waals surface area contributed by atoms with Crippen molar-refractivity contribution in [2.45, 2.75) is 6.61 Å². The molecule has 0 aliphatic heterocycles. The first kappa shape index (κ1) is 13.5. The minimum Gasteiger partial charge on any atom is -0.481 e. The molecule has 0 radical (unpaired) electrons. The van der Waals surface area contributed by atoms with E-state index in [1.54, 1.807) is 7.05 Å². The third-order valence-corrected chi connectivity index (χ3v) is 2.99. The van der Waals surface area contributed by atoms with Crippen LogP contribution >= 0.6 is 11.5 Å². The first-order chi connectivity index (χ1) is 9.04. The van der Waals surface area contributed by atoms with Crippen molar-refractivity contribution in [2.24, 2.45) is 0 Å². The first-order valence-electron chi connectivity index (χ1n) is 4.99. The number of hydrogen-bond donors (Lipinski definition) is 1. The highest BCUT2D eigenvalue weighted by Crippen LogP contribution is 2.28. The summed E-state index contributed by atoms with van der Waals surface area (Å²) in [6.45, 7) is -0.372. The Bertz CT molecular complexity index is 578. The summed E-state index contributed by atoms with van der Waals surface area (Å²) >= 11 is 1.01. The maximum atomic E-state index is 13.3. The molecule has 0 saturated heterocycles. The molecule has 19 heavy (non-hydrogen) atoms. The lowest BCUT2D eigenvalue weighted by molar-refractivity contribution is 0.258. The molecule has 0 spiro atoms. The number of nitrogens with one attached hydrogen (secondary N) is 1. The summed E-state index contributed by atoms with van der Waals surface area (Å²) in [6, 6.07) is 0.112. The van der Waals surface area contributed by atoms with Gasteiger partial charge in [-0.1, -0.05) is 4.49 Å². The lowest BCUT2D eigenvalue weighted by atomic mass is 10.3. The zero-order valence-corrected chi connectivity index (χ0v) is 10.3. The average Bonchev–Trinajstić information content (AvgIpc) is 2.84. The minimum absolute atomic E-state index is 0.112. The van der Waals surface area contributed by atoms with Gasteiger partial charge in [-0.15, -0.1) is 5.10 Å². The zero-order valence-electron chi connectivity index (χ0n) is 9.51. The van der Waals surface area contributed by atoms with Crippen LogP contribution in [-0.4, -0.2) is 16.6 Å². The molecular weight excluding hydrogens is 286 g/mol. The summed E-state index contributed by atoms with van der Waals surface area (Å²) in [5.74, 6) is -7.35. The number of anilines is 1. The zero-order chi connectivity index (χ0) is 14.0. The van der Waals surface area contributed by atoms with Gasteiger partial charge in [-0.05, 0) is 0 Å². The molecule has 0 atom stereocenters. The van der Waals surface area contributed by atoms with E-state index in [-0.39, 0.29) is 18.4 Å². The fourth-order valence-corrected chi connectivity index (χ4v) is 1.83. The molecule has 0 fully saturated rings. The van der Waals surface area contributed by atoms with E-state index in [0.29, 0.717) is 5.00 Å². The summed E-state index contributed by atoms with van der Waals surface area (Å²) in [5.41, 5.74) is 0.274. The van der Waals surface area contributed by atoms with Crippen molar-refractivity contribution in [3.63, 3.8) is 0 Å². The van der Waals surface area contributed by atoms with Gasteiger partial charge in [0.2, 0.25) is 11.6 Å². The molecule has 1 heterocycles. The van der Waals surface area contributed by atoms with Gasteiger partial charge in [0, 0.05) is 24.6 Å². The molecule has 9 heteroatoms. The Morgan fingerprint density at radius 2 is 1.84 bits per heavy atom. The van der Waals surface area contributed by atoms with Crippen LogP contribution in [0.25, 0.3) is 0 Å². The third kappa shape index (κ3) is 2.60. The number of halogens is 4. The quantitative estimate of drug-likeness (QED) is 0.695. The average molecular weight is 293 g/mol. The number of aromatic nitrogens is 2. The molecular formula is C10H7F4N3OS. The van der Waals surface area contributed by atoms with Gasteiger partial charge in [0.15, 0.2) is 17.4 Å². The van der Waals surface area contributed by atoms with Crippen LogP contribution in [-0.2, 0) is 6.61 Å². The molecule has 0 amide bonds. The summed E-state index contributed by atoms with van der Waals surface area (Å²) in [5, 5.41) is 6.92. The van der Waals surface area contributed by atoms with Crippen molar-refractivity contribution in [3.8, 4) is 5.75 Å². The smallest absolute Gasteiger partial charge is 0.203 e. The summed E-state index contributed by atoms with van der Waals surface area (Å²) in [7, 11) is 1.60. The van der Waals surface area contributed by atoms with E-state index < -0.39 is 29.0 Å². The third-order valence-electron chi connectivity index (χ3n) is 2.21. The van der Waals surface area contributed by atoms with Crippen LogP contribution in [0.5, 0.6) is 5.75 Å². The van der Waals surface area contributed by atoms with Crippen molar-refractivity contribution in [1.29, 1.82) is 0 Å². The molecule has 2 rings (SSSR count). The second-order valence-electron chi connectivity index (χ2n) is 3.38. The van der Waals surface area contributed by atoms with Gasteiger partial charge in [-0.2, -0.15) is 8.78 Å². The molecule has 102 valence electrons. The highest BCUT2D eigenvalue weighted by atomic mass is 32.1. The predicted octanol–water partition coefficient (Wildman–Crippen LogP) is 2.72. The molecule has 1 N–H and O–H groups in total. The van der Waals surface area contributed by atoms with E-state index in [1.165, 1.54) is 0 Å². The maximum Gasteiger partial charge on any atom is 0.203 e. The molecule has 0 unspecified atom stereocenters. The number of benzene rings is 1. The van der Waals surface area contributed by atoms with Crippen LogP contribution in [0, 0.1) is 23.3 Å². The monoisotopic (exact) mass is 293 g/mol. The van der Waals surface area contributed by atoms with Crippen molar-refractivity contribution in [2.75, 3.05) is 12.4 Å². The van der Waals surface area contributed by atoms with E-state index in [1.807, 2.05) is 0 Å². The van der Waals surface area contributed by atoms with Gasteiger partial charge in [0.05, 0.1) is 0 Å².